The maximum Gasteiger partial charge on any atom is 0.251 e. The normalized spacial score (nSPS) is 10.3. The first-order valence-corrected chi connectivity index (χ1v) is 6.45. The quantitative estimate of drug-likeness (QED) is 0.647. The van der Waals surface area contributed by atoms with E-state index in [-0.39, 0.29) is 5.91 Å². The summed E-state index contributed by atoms with van der Waals surface area (Å²) in [6.45, 7) is 3.25. The number of carbonyl (C=O) groups excluding carboxylic acids is 1. The molecule has 3 nitrogen and oxygen atoms in total. The molecule has 0 saturated heterocycles. The van der Waals surface area contributed by atoms with Crippen LogP contribution in [0.5, 0.6) is 0 Å². The van der Waals surface area contributed by atoms with Gasteiger partial charge in [0.05, 0.1) is 13.2 Å². The Balaban J connectivity index is 2.44. The number of hydrogen-bond acceptors (Lipinski definition) is 2. The van der Waals surface area contributed by atoms with Gasteiger partial charge in [-0.15, -0.1) is 0 Å². The summed E-state index contributed by atoms with van der Waals surface area (Å²) < 4.78 is 18.2. The maximum atomic E-state index is 13.0. The van der Waals surface area contributed by atoms with E-state index < -0.39 is 5.82 Å². The van der Waals surface area contributed by atoms with Crippen molar-refractivity contribution in [2.24, 2.45) is 0 Å². The van der Waals surface area contributed by atoms with Crippen LogP contribution in [0.1, 0.15) is 15.9 Å². The van der Waals surface area contributed by atoms with E-state index in [4.69, 9.17) is 4.74 Å². The first kappa shape index (κ1) is 14.1. The molecule has 0 saturated carbocycles. The van der Waals surface area contributed by atoms with Gasteiger partial charge in [-0.05, 0) is 24.6 Å². The second-order valence-electron chi connectivity index (χ2n) is 3.52. The van der Waals surface area contributed by atoms with Crippen molar-refractivity contribution in [3.63, 3.8) is 0 Å². The molecular formula is C12H15BrFNO2. The fourth-order valence-corrected chi connectivity index (χ4v) is 1.56. The van der Waals surface area contributed by atoms with Gasteiger partial charge in [0.1, 0.15) is 5.82 Å². The van der Waals surface area contributed by atoms with Gasteiger partial charge in [0.25, 0.3) is 5.91 Å². The third-order valence-electron chi connectivity index (χ3n) is 2.20. The smallest absolute Gasteiger partial charge is 0.251 e. The van der Waals surface area contributed by atoms with Crippen LogP contribution in [0, 0.1) is 12.7 Å². The standard InChI is InChI=1S/C12H15BrFNO2/c1-9-2-3-10(14)8-11(9)12(16)15-5-7-17-6-4-13/h2-3,8H,4-7H2,1H3,(H,15,16). The number of alkyl halides is 1. The van der Waals surface area contributed by atoms with Crippen LogP contribution in [0.4, 0.5) is 4.39 Å². The largest absolute Gasteiger partial charge is 0.379 e. The Hall–Kier alpha value is -0.940. The second-order valence-corrected chi connectivity index (χ2v) is 4.31. The molecule has 0 aliphatic rings. The topological polar surface area (TPSA) is 38.3 Å². The van der Waals surface area contributed by atoms with Crippen LogP contribution in [-0.4, -0.2) is 31.0 Å². The summed E-state index contributed by atoms with van der Waals surface area (Å²) in [6, 6.07) is 4.17. The van der Waals surface area contributed by atoms with Gasteiger partial charge in [-0.25, -0.2) is 4.39 Å². The van der Waals surface area contributed by atoms with Crippen molar-refractivity contribution in [1.29, 1.82) is 0 Å². The van der Waals surface area contributed by atoms with Crippen molar-refractivity contribution in [3.05, 3.63) is 35.1 Å². The Morgan fingerprint density at radius 3 is 2.94 bits per heavy atom. The van der Waals surface area contributed by atoms with Crippen molar-refractivity contribution in [2.45, 2.75) is 6.92 Å². The molecule has 0 spiro atoms. The van der Waals surface area contributed by atoms with Gasteiger partial charge < -0.3 is 10.1 Å². The molecule has 0 fully saturated rings. The van der Waals surface area contributed by atoms with Gasteiger partial charge in [-0.1, -0.05) is 22.0 Å². The highest BCUT2D eigenvalue weighted by atomic mass is 79.9. The van der Waals surface area contributed by atoms with E-state index in [1.165, 1.54) is 12.1 Å². The summed E-state index contributed by atoms with van der Waals surface area (Å²) in [7, 11) is 0. The van der Waals surface area contributed by atoms with Crippen molar-refractivity contribution < 1.29 is 13.9 Å². The van der Waals surface area contributed by atoms with E-state index >= 15 is 0 Å². The van der Waals surface area contributed by atoms with Crippen LogP contribution in [0.2, 0.25) is 0 Å². The van der Waals surface area contributed by atoms with Crippen molar-refractivity contribution in [1.82, 2.24) is 5.32 Å². The molecule has 0 aliphatic heterocycles. The summed E-state index contributed by atoms with van der Waals surface area (Å²) in [5.41, 5.74) is 1.12. The molecule has 5 heteroatoms. The van der Waals surface area contributed by atoms with Crippen LogP contribution >= 0.6 is 15.9 Å². The number of hydrogen-bond donors (Lipinski definition) is 1. The molecule has 0 bridgehead atoms. The minimum Gasteiger partial charge on any atom is -0.379 e. The molecule has 17 heavy (non-hydrogen) atoms. The Morgan fingerprint density at radius 1 is 1.47 bits per heavy atom. The minimum absolute atomic E-state index is 0.274. The maximum absolute atomic E-state index is 13.0. The SMILES string of the molecule is Cc1ccc(F)cc1C(=O)NCCOCCBr. The van der Waals surface area contributed by atoms with Crippen LogP contribution < -0.4 is 5.32 Å². The average molecular weight is 304 g/mol. The molecule has 0 heterocycles. The predicted octanol–water partition coefficient (Wildman–Crippen LogP) is 2.28. The Kier molecular flexibility index (Phi) is 6.15. The summed E-state index contributed by atoms with van der Waals surface area (Å²) in [5, 5.41) is 3.45. The minimum atomic E-state index is -0.406. The highest BCUT2D eigenvalue weighted by molar-refractivity contribution is 9.09. The molecule has 1 amide bonds. The predicted molar refractivity (Wildman–Crippen MR) is 68.1 cm³/mol. The molecular weight excluding hydrogens is 289 g/mol. The summed E-state index contributed by atoms with van der Waals surface area (Å²) in [6.07, 6.45) is 0. The Bertz CT molecular complexity index is 385. The van der Waals surface area contributed by atoms with Gasteiger partial charge in [0, 0.05) is 17.4 Å². The number of halogens is 2. The molecule has 0 aliphatic carbocycles. The first-order valence-electron chi connectivity index (χ1n) is 5.33. The van der Waals surface area contributed by atoms with Crippen molar-refractivity contribution in [2.75, 3.05) is 25.1 Å². The zero-order valence-corrected chi connectivity index (χ0v) is 11.2. The molecule has 1 rings (SSSR count). The zero-order chi connectivity index (χ0) is 12.7. The van der Waals surface area contributed by atoms with Gasteiger partial charge in [-0.3, -0.25) is 4.79 Å². The molecule has 0 aromatic heterocycles. The van der Waals surface area contributed by atoms with Crippen LogP contribution in [0.15, 0.2) is 18.2 Å². The van der Waals surface area contributed by atoms with E-state index in [0.717, 1.165) is 10.9 Å². The van der Waals surface area contributed by atoms with E-state index in [1.54, 1.807) is 13.0 Å². The van der Waals surface area contributed by atoms with Gasteiger partial charge in [0.2, 0.25) is 0 Å². The molecule has 1 aromatic rings. The van der Waals surface area contributed by atoms with Crippen LogP contribution in [-0.2, 0) is 4.74 Å². The number of rotatable bonds is 6. The third kappa shape index (κ3) is 4.83. The van der Waals surface area contributed by atoms with Crippen molar-refractivity contribution >= 4 is 21.8 Å². The third-order valence-corrected chi connectivity index (χ3v) is 2.52. The number of amides is 1. The average Bonchev–Trinajstić information content (AvgIpc) is 2.32. The number of carbonyl (C=O) groups is 1. The lowest BCUT2D eigenvalue weighted by Gasteiger charge is -2.07. The molecule has 0 unspecified atom stereocenters. The van der Waals surface area contributed by atoms with Crippen LogP contribution in [0.25, 0.3) is 0 Å². The number of aryl methyl sites for hydroxylation is 1. The van der Waals surface area contributed by atoms with Crippen LogP contribution in [0.3, 0.4) is 0 Å². The van der Waals surface area contributed by atoms with Gasteiger partial charge in [0.15, 0.2) is 0 Å². The van der Waals surface area contributed by atoms with Crippen molar-refractivity contribution in [3.8, 4) is 0 Å². The number of nitrogens with one attached hydrogen (secondary N) is 1. The van der Waals surface area contributed by atoms with Gasteiger partial charge in [-0.2, -0.15) is 0 Å². The zero-order valence-electron chi connectivity index (χ0n) is 9.63. The fourth-order valence-electron chi connectivity index (χ4n) is 1.33. The summed E-state index contributed by atoms with van der Waals surface area (Å²) in [5.74, 6) is -0.680. The summed E-state index contributed by atoms with van der Waals surface area (Å²) in [4.78, 5) is 11.7. The lowest BCUT2D eigenvalue weighted by Crippen LogP contribution is -2.28. The Labute approximate surface area is 108 Å². The lowest BCUT2D eigenvalue weighted by molar-refractivity contribution is 0.0923. The molecule has 0 radical (unpaired) electrons. The highest BCUT2D eigenvalue weighted by Crippen LogP contribution is 2.09. The second kappa shape index (κ2) is 7.40. The van der Waals surface area contributed by atoms with E-state index in [9.17, 15) is 9.18 Å². The molecule has 1 N–H and O–H groups in total. The highest BCUT2D eigenvalue weighted by Gasteiger charge is 2.09. The van der Waals surface area contributed by atoms with E-state index in [2.05, 4.69) is 21.2 Å². The number of ether oxygens (including phenoxy) is 1. The molecule has 0 atom stereocenters. The molecule has 94 valence electrons. The van der Waals surface area contributed by atoms with E-state index in [0.29, 0.717) is 25.3 Å². The van der Waals surface area contributed by atoms with Gasteiger partial charge >= 0.3 is 0 Å². The lowest BCUT2D eigenvalue weighted by atomic mass is 10.1. The first-order chi connectivity index (χ1) is 8.15. The molecule has 1 aromatic carbocycles. The van der Waals surface area contributed by atoms with E-state index in [1.807, 2.05) is 0 Å². The number of benzene rings is 1. The fraction of sp³-hybridized carbons (Fsp3) is 0.417. The summed E-state index contributed by atoms with van der Waals surface area (Å²) >= 11 is 3.23. The Morgan fingerprint density at radius 2 is 2.24 bits per heavy atom. The monoisotopic (exact) mass is 303 g/mol.